The quantitative estimate of drug-likeness (QED) is 0.311. The fourth-order valence-electron chi connectivity index (χ4n) is 4.15. The number of benzene rings is 2. The number of nitrogens with zero attached hydrogens (tertiary/aromatic N) is 1. The molecule has 1 heterocycles. The maximum atomic E-state index is 12.9. The lowest BCUT2D eigenvalue weighted by Gasteiger charge is -2.40. The first kappa shape index (κ1) is 21.6. The van der Waals surface area contributed by atoms with Crippen molar-refractivity contribution in [2.45, 2.75) is 44.1 Å². The molecule has 1 aromatic heterocycles. The fourth-order valence-corrected chi connectivity index (χ4v) is 5.71. The zero-order valence-corrected chi connectivity index (χ0v) is 18.3. The Morgan fingerprint density at radius 2 is 1.97 bits per heavy atom. The molecule has 0 saturated heterocycles. The molecule has 0 radical (unpaired) electrons. The van der Waals surface area contributed by atoms with Crippen LogP contribution in [0.15, 0.2) is 59.5 Å². The minimum atomic E-state index is -1.22. The summed E-state index contributed by atoms with van der Waals surface area (Å²) in [5, 5.41) is 9.89. The molecule has 0 spiro atoms. The maximum absolute atomic E-state index is 12.9. The number of amides is 1. The van der Waals surface area contributed by atoms with E-state index in [1.54, 1.807) is 5.48 Å². The third-order valence-corrected chi connectivity index (χ3v) is 7.60. The van der Waals surface area contributed by atoms with Gasteiger partial charge in [0.15, 0.2) is 4.90 Å². The Morgan fingerprint density at radius 3 is 2.65 bits per heavy atom. The number of carbonyl (C=O) groups is 1. The Morgan fingerprint density at radius 1 is 1.23 bits per heavy atom. The van der Waals surface area contributed by atoms with Crippen molar-refractivity contribution in [1.29, 1.82) is 0 Å². The van der Waals surface area contributed by atoms with Gasteiger partial charge in [0.25, 0.3) is 0 Å². The molecule has 1 aliphatic carbocycles. The van der Waals surface area contributed by atoms with Gasteiger partial charge in [-0.05, 0) is 67.3 Å². The normalized spacial score (nSPS) is 15.8. The zero-order valence-electron chi connectivity index (χ0n) is 17.5. The second-order valence-corrected chi connectivity index (χ2v) is 9.71. The highest BCUT2D eigenvalue weighted by Crippen LogP contribution is 2.46. The number of pyridine rings is 1. The topological polar surface area (TPSA) is 94.5 Å². The average Bonchev–Trinajstić information content (AvgIpc) is 2.75. The standard InChI is InChI=1S/C24H26N2O4S/c1-17-13-18(21-5-2-3-6-22(21)25-17)15-30-19-7-9-20(10-8-19)31(29)16-24(11-4-12-24)14-23(27)26-28/h2-3,5-10,13,28H,4,11-12,14-16H2,1H3,(H,26,27). The molecule has 3 aromatic rings. The highest BCUT2D eigenvalue weighted by molar-refractivity contribution is 7.91. The minimum Gasteiger partial charge on any atom is -0.611 e. The monoisotopic (exact) mass is 438 g/mol. The molecule has 7 heteroatoms. The largest absolute Gasteiger partial charge is 0.611 e. The third-order valence-electron chi connectivity index (χ3n) is 5.92. The lowest BCUT2D eigenvalue weighted by atomic mass is 9.68. The van der Waals surface area contributed by atoms with E-state index in [4.69, 9.17) is 9.94 Å². The van der Waals surface area contributed by atoms with Crippen LogP contribution in [0, 0.1) is 12.3 Å². The van der Waals surface area contributed by atoms with Gasteiger partial charge >= 0.3 is 0 Å². The number of para-hydroxylation sites is 1. The SMILES string of the molecule is Cc1cc(COc2ccc([S+]([O-])CC3(CC(=O)NO)CCC3)cc2)c2ccccc2n1. The summed E-state index contributed by atoms with van der Waals surface area (Å²) in [5.41, 5.74) is 4.38. The van der Waals surface area contributed by atoms with Crippen molar-refractivity contribution in [3.8, 4) is 5.75 Å². The van der Waals surface area contributed by atoms with Crippen LogP contribution < -0.4 is 10.2 Å². The number of rotatable bonds is 8. The number of hydroxylamine groups is 1. The number of fused-ring (bicyclic) bond motifs is 1. The summed E-state index contributed by atoms with van der Waals surface area (Å²) < 4.78 is 18.8. The van der Waals surface area contributed by atoms with Crippen molar-refractivity contribution in [2.75, 3.05) is 5.75 Å². The van der Waals surface area contributed by atoms with Gasteiger partial charge in [-0.3, -0.25) is 15.0 Å². The van der Waals surface area contributed by atoms with Crippen molar-refractivity contribution >= 4 is 28.0 Å². The molecule has 1 fully saturated rings. The molecule has 6 nitrogen and oxygen atoms in total. The van der Waals surface area contributed by atoms with E-state index in [9.17, 15) is 9.35 Å². The summed E-state index contributed by atoms with van der Waals surface area (Å²) in [5.74, 6) is 0.708. The smallest absolute Gasteiger partial charge is 0.244 e. The molecule has 1 saturated carbocycles. The van der Waals surface area contributed by atoms with Gasteiger partial charge in [0.2, 0.25) is 5.91 Å². The summed E-state index contributed by atoms with van der Waals surface area (Å²) in [6.07, 6.45) is 2.93. The number of carbonyl (C=O) groups excluding carboxylic acids is 1. The van der Waals surface area contributed by atoms with Gasteiger partial charge < -0.3 is 9.29 Å². The van der Waals surface area contributed by atoms with Crippen LogP contribution in [-0.2, 0) is 22.6 Å². The van der Waals surface area contributed by atoms with Gasteiger partial charge in [0, 0.05) is 28.5 Å². The van der Waals surface area contributed by atoms with E-state index in [0.29, 0.717) is 23.0 Å². The van der Waals surface area contributed by atoms with Gasteiger partial charge in [-0.2, -0.15) is 0 Å². The van der Waals surface area contributed by atoms with Crippen molar-refractivity contribution in [3.05, 3.63) is 65.9 Å². The van der Waals surface area contributed by atoms with Crippen molar-refractivity contribution in [1.82, 2.24) is 10.5 Å². The van der Waals surface area contributed by atoms with E-state index in [0.717, 1.165) is 41.4 Å². The minimum absolute atomic E-state index is 0.204. The molecule has 162 valence electrons. The maximum Gasteiger partial charge on any atom is 0.244 e. The highest BCUT2D eigenvalue weighted by atomic mass is 32.2. The third kappa shape index (κ3) is 5.01. The van der Waals surface area contributed by atoms with Gasteiger partial charge in [-0.15, -0.1) is 0 Å². The Kier molecular flexibility index (Phi) is 6.46. The first-order valence-electron chi connectivity index (χ1n) is 10.4. The molecule has 0 aliphatic heterocycles. The van der Waals surface area contributed by atoms with Gasteiger partial charge in [-0.1, -0.05) is 24.6 Å². The van der Waals surface area contributed by atoms with Crippen molar-refractivity contribution in [3.63, 3.8) is 0 Å². The van der Waals surface area contributed by atoms with Crippen LogP contribution in [0.2, 0.25) is 0 Å². The molecule has 2 aromatic carbocycles. The molecule has 4 rings (SSSR count). The number of hydrogen-bond donors (Lipinski definition) is 2. The number of aryl methyl sites for hydroxylation is 1. The summed E-state index contributed by atoms with van der Waals surface area (Å²) in [6, 6.07) is 17.3. The Hall–Kier alpha value is -2.61. The summed E-state index contributed by atoms with van der Waals surface area (Å²) in [7, 11) is 0. The molecular weight excluding hydrogens is 412 g/mol. The second-order valence-electron chi connectivity index (χ2n) is 8.26. The molecule has 1 unspecified atom stereocenters. The fraction of sp³-hybridized carbons (Fsp3) is 0.333. The lowest BCUT2D eigenvalue weighted by Crippen LogP contribution is -2.41. The predicted molar refractivity (Wildman–Crippen MR) is 119 cm³/mol. The highest BCUT2D eigenvalue weighted by Gasteiger charge is 2.43. The molecule has 1 atom stereocenters. The van der Waals surface area contributed by atoms with Crippen LogP contribution in [0.5, 0.6) is 5.75 Å². The van der Waals surface area contributed by atoms with E-state index in [1.165, 1.54) is 0 Å². The van der Waals surface area contributed by atoms with Crippen LogP contribution in [0.25, 0.3) is 10.9 Å². The van der Waals surface area contributed by atoms with Gasteiger partial charge in [-0.25, -0.2) is 5.48 Å². The average molecular weight is 439 g/mol. The van der Waals surface area contributed by atoms with Gasteiger partial charge in [0.1, 0.15) is 18.1 Å². The molecule has 1 aliphatic rings. The van der Waals surface area contributed by atoms with E-state index in [1.807, 2.05) is 61.5 Å². The van der Waals surface area contributed by atoms with Crippen molar-refractivity contribution in [2.24, 2.45) is 5.41 Å². The van der Waals surface area contributed by atoms with Crippen molar-refractivity contribution < 1.29 is 19.3 Å². The first-order valence-corrected chi connectivity index (χ1v) is 11.7. The Balaban J connectivity index is 1.40. The Labute approximate surface area is 184 Å². The lowest BCUT2D eigenvalue weighted by molar-refractivity contribution is -0.132. The summed E-state index contributed by atoms with van der Waals surface area (Å²) in [6.45, 7) is 2.39. The van der Waals surface area contributed by atoms with Crippen LogP contribution >= 0.6 is 0 Å². The summed E-state index contributed by atoms with van der Waals surface area (Å²) >= 11 is -1.22. The van der Waals surface area contributed by atoms with E-state index >= 15 is 0 Å². The van der Waals surface area contributed by atoms with Crippen LogP contribution in [0.3, 0.4) is 0 Å². The van der Waals surface area contributed by atoms with Gasteiger partial charge in [0.05, 0.1) is 5.52 Å². The predicted octanol–water partition coefficient (Wildman–Crippen LogP) is 4.30. The number of nitrogens with one attached hydrogen (secondary N) is 1. The number of hydrogen-bond acceptors (Lipinski definition) is 5. The van der Waals surface area contributed by atoms with Crippen LogP contribution in [-0.4, -0.2) is 26.4 Å². The molecule has 2 N–H and O–H groups in total. The van der Waals surface area contributed by atoms with E-state index < -0.39 is 17.1 Å². The molecule has 31 heavy (non-hydrogen) atoms. The molecule has 0 bridgehead atoms. The van der Waals surface area contributed by atoms with Crippen LogP contribution in [0.1, 0.15) is 36.9 Å². The van der Waals surface area contributed by atoms with E-state index in [-0.39, 0.29) is 11.8 Å². The number of ether oxygens (including phenoxy) is 1. The van der Waals surface area contributed by atoms with Crippen LogP contribution in [0.4, 0.5) is 0 Å². The number of aromatic nitrogens is 1. The summed E-state index contributed by atoms with van der Waals surface area (Å²) in [4.78, 5) is 16.9. The molecular formula is C24H26N2O4S. The Bertz CT molecular complexity index is 1070. The first-order chi connectivity index (χ1) is 15.0. The zero-order chi connectivity index (χ0) is 21.8. The second kappa shape index (κ2) is 9.26. The molecule has 1 amide bonds. The van der Waals surface area contributed by atoms with E-state index in [2.05, 4.69) is 4.98 Å².